The van der Waals surface area contributed by atoms with E-state index >= 15 is 0 Å². The second-order valence-corrected chi connectivity index (χ2v) is 8.25. The Balaban J connectivity index is 1.57. The van der Waals surface area contributed by atoms with E-state index in [1.54, 1.807) is 11.0 Å². The van der Waals surface area contributed by atoms with Crippen molar-refractivity contribution in [2.24, 2.45) is 4.99 Å². The fourth-order valence-corrected chi connectivity index (χ4v) is 4.22. The molecule has 3 aromatic rings. The molecule has 0 N–H and O–H groups in total. The van der Waals surface area contributed by atoms with Crippen molar-refractivity contribution in [2.45, 2.75) is 13.1 Å². The summed E-state index contributed by atoms with van der Waals surface area (Å²) in [5.74, 6) is 0.742. The van der Waals surface area contributed by atoms with Gasteiger partial charge in [-0.2, -0.15) is 0 Å². The third-order valence-electron chi connectivity index (χ3n) is 4.86. The average molecular weight is 441 g/mol. The average Bonchev–Trinajstić information content (AvgIpc) is 3.12. The van der Waals surface area contributed by atoms with Crippen molar-refractivity contribution in [3.63, 3.8) is 0 Å². The van der Waals surface area contributed by atoms with Gasteiger partial charge in [0.2, 0.25) is 0 Å². The number of amidine groups is 1. The van der Waals surface area contributed by atoms with Gasteiger partial charge >= 0.3 is 0 Å². The quantitative estimate of drug-likeness (QED) is 0.322. The zero-order valence-corrected chi connectivity index (χ0v) is 18.5. The lowest BCUT2D eigenvalue weighted by Gasteiger charge is -2.15. The predicted molar refractivity (Wildman–Crippen MR) is 132 cm³/mol. The Kier molecular flexibility index (Phi) is 7.20. The van der Waals surface area contributed by atoms with E-state index in [2.05, 4.69) is 6.58 Å². The summed E-state index contributed by atoms with van der Waals surface area (Å²) >= 11 is 1.42. The topological polar surface area (TPSA) is 41.9 Å². The summed E-state index contributed by atoms with van der Waals surface area (Å²) in [5.41, 5.74) is 3.12. The largest absolute Gasteiger partial charge is 0.490 e. The Bertz CT molecular complexity index is 1120. The lowest BCUT2D eigenvalue weighted by Crippen LogP contribution is -2.28. The molecule has 4 nitrogen and oxygen atoms in total. The summed E-state index contributed by atoms with van der Waals surface area (Å²) < 4.78 is 5.54. The van der Waals surface area contributed by atoms with E-state index in [1.165, 1.54) is 11.8 Å². The standard InChI is InChI=1S/C27H24N2O2S/c1-2-17-31-24-15-13-21(14-16-24)18-25-26(30)29(20-23-11-7-4-8-12-23)27(32-25)28-19-22-9-5-3-6-10-22/h2-16,18H,1,17,19-20H2/b25-18-,28-27?. The summed E-state index contributed by atoms with van der Waals surface area (Å²) in [6, 6.07) is 27.7. The van der Waals surface area contributed by atoms with Crippen LogP contribution in [0.4, 0.5) is 0 Å². The van der Waals surface area contributed by atoms with E-state index in [-0.39, 0.29) is 5.91 Å². The number of amides is 1. The lowest BCUT2D eigenvalue weighted by molar-refractivity contribution is -0.122. The molecule has 1 amide bonds. The van der Waals surface area contributed by atoms with Crippen LogP contribution in [-0.4, -0.2) is 22.6 Å². The Morgan fingerprint density at radius 2 is 1.56 bits per heavy atom. The lowest BCUT2D eigenvalue weighted by atomic mass is 10.2. The Morgan fingerprint density at radius 3 is 2.22 bits per heavy atom. The molecule has 0 unspecified atom stereocenters. The van der Waals surface area contributed by atoms with Gasteiger partial charge in [0.25, 0.3) is 5.91 Å². The van der Waals surface area contributed by atoms with Gasteiger partial charge in [-0.25, -0.2) is 0 Å². The van der Waals surface area contributed by atoms with Gasteiger partial charge in [0.15, 0.2) is 5.17 Å². The Labute approximate surface area is 192 Å². The summed E-state index contributed by atoms with van der Waals surface area (Å²) in [6.07, 6.45) is 3.62. The van der Waals surface area contributed by atoms with Gasteiger partial charge in [-0.3, -0.25) is 14.7 Å². The molecule has 1 fully saturated rings. The molecule has 0 aliphatic carbocycles. The molecule has 0 saturated carbocycles. The number of carbonyl (C=O) groups is 1. The molecule has 0 spiro atoms. The molecule has 32 heavy (non-hydrogen) atoms. The van der Waals surface area contributed by atoms with Crippen molar-refractivity contribution in [2.75, 3.05) is 6.61 Å². The van der Waals surface area contributed by atoms with Crippen molar-refractivity contribution in [1.82, 2.24) is 4.90 Å². The highest BCUT2D eigenvalue weighted by Crippen LogP contribution is 2.34. The van der Waals surface area contributed by atoms with Gasteiger partial charge in [0, 0.05) is 0 Å². The van der Waals surface area contributed by atoms with E-state index in [0.717, 1.165) is 27.6 Å². The first kappa shape index (κ1) is 21.7. The van der Waals surface area contributed by atoms with Crippen molar-refractivity contribution in [1.29, 1.82) is 0 Å². The van der Waals surface area contributed by atoms with Crippen LogP contribution in [0.15, 0.2) is 107 Å². The summed E-state index contributed by atoms with van der Waals surface area (Å²) in [6.45, 7) is 5.14. The maximum atomic E-state index is 13.3. The van der Waals surface area contributed by atoms with Crippen LogP contribution in [0.2, 0.25) is 0 Å². The van der Waals surface area contributed by atoms with Crippen LogP contribution >= 0.6 is 11.8 Å². The predicted octanol–water partition coefficient (Wildman–Crippen LogP) is 5.92. The van der Waals surface area contributed by atoms with Gasteiger partial charge in [0.05, 0.1) is 18.0 Å². The van der Waals surface area contributed by atoms with Crippen LogP contribution in [0, 0.1) is 0 Å². The van der Waals surface area contributed by atoms with Crippen molar-refractivity contribution < 1.29 is 9.53 Å². The van der Waals surface area contributed by atoms with Crippen LogP contribution in [0.1, 0.15) is 16.7 Å². The highest BCUT2D eigenvalue weighted by atomic mass is 32.2. The molecule has 0 aromatic heterocycles. The number of nitrogens with zero attached hydrogens (tertiary/aromatic N) is 2. The molecule has 5 heteroatoms. The van der Waals surface area contributed by atoms with Gasteiger partial charge in [-0.15, -0.1) is 0 Å². The molecule has 1 saturated heterocycles. The van der Waals surface area contributed by atoms with E-state index in [9.17, 15) is 4.79 Å². The fraction of sp³-hybridized carbons (Fsp3) is 0.111. The number of ether oxygens (including phenoxy) is 1. The number of hydrogen-bond donors (Lipinski definition) is 0. The Morgan fingerprint density at radius 1 is 0.906 bits per heavy atom. The third kappa shape index (κ3) is 5.56. The van der Waals surface area contributed by atoms with Crippen LogP contribution in [-0.2, 0) is 17.9 Å². The molecule has 1 aliphatic rings. The number of rotatable bonds is 8. The molecular weight excluding hydrogens is 416 g/mol. The number of thioether (sulfide) groups is 1. The first-order valence-corrected chi connectivity index (χ1v) is 11.2. The zero-order valence-electron chi connectivity index (χ0n) is 17.7. The monoisotopic (exact) mass is 440 g/mol. The molecule has 4 rings (SSSR count). The third-order valence-corrected chi connectivity index (χ3v) is 5.90. The molecule has 0 bridgehead atoms. The van der Waals surface area contributed by atoms with Crippen molar-refractivity contribution in [3.8, 4) is 5.75 Å². The molecule has 0 radical (unpaired) electrons. The van der Waals surface area contributed by atoms with Gasteiger partial charge in [-0.05, 0) is 46.7 Å². The maximum absolute atomic E-state index is 13.3. The van der Waals surface area contributed by atoms with Gasteiger partial charge < -0.3 is 4.74 Å². The van der Waals surface area contributed by atoms with Crippen LogP contribution < -0.4 is 4.74 Å². The Hall–Kier alpha value is -3.57. The minimum absolute atomic E-state index is 0.0300. The van der Waals surface area contributed by atoms with Gasteiger partial charge in [0.1, 0.15) is 12.4 Å². The molecule has 1 aliphatic heterocycles. The van der Waals surface area contributed by atoms with E-state index < -0.39 is 0 Å². The molecule has 3 aromatic carbocycles. The second kappa shape index (κ2) is 10.6. The van der Waals surface area contributed by atoms with Crippen molar-refractivity contribution >= 4 is 28.9 Å². The van der Waals surface area contributed by atoms with E-state index in [4.69, 9.17) is 9.73 Å². The molecule has 160 valence electrons. The van der Waals surface area contributed by atoms with Crippen LogP contribution in [0.3, 0.4) is 0 Å². The second-order valence-electron chi connectivity index (χ2n) is 7.24. The number of benzene rings is 3. The van der Waals surface area contributed by atoms with Crippen LogP contribution in [0.5, 0.6) is 5.75 Å². The molecule has 1 heterocycles. The molecule has 0 atom stereocenters. The first-order valence-electron chi connectivity index (χ1n) is 10.4. The van der Waals surface area contributed by atoms with E-state index in [0.29, 0.717) is 24.6 Å². The summed E-state index contributed by atoms with van der Waals surface area (Å²) in [4.78, 5) is 20.5. The van der Waals surface area contributed by atoms with Crippen LogP contribution in [0.25, 0.3) is 6.08 Å². The number of hydrogen-bond acceptors (Lipinski definition) is 4. The highest BCUT2D eigenvalue weighted by Gasteiger charge is 2.33. The molecular formula is C27H24N2O2S. The maximum Gasteiger partial charge on any atom is 0.267 e. The highest BCUT2D eigenvalue weighted by molar-refractivity contribution is 8.18. The smallest absolute Gasteiger partial charge is 0.267 e. The number of carbonyl (C=O) groups excluding carboxylic acids is 1. The normalized spacial score (nSPS) is 16.0. The number of aliphatic imine (C=N–C) groups is 1. The minimum Gasteiger partial charge on any atom is -0.490 e. The minimum atomic E-state index is -0.0300. The summed E-state index contributed by atoms with van der Waals surface area (Å²) in [5, 5.41) is 0.722. The zero-order chi connectivity index (χ0) is 22.2. The summed E-state index contributed by atoms with van der Waals surface area (Å²) in [7, 11) is 0. The first-order chi connectivity index (χ1) is 15.7. The SMILES string of the molecule is C=CCOc1ccc(/C=C2\SC(=NCc3ccccc3)N(Cc3ccccc3)C2=O)cc1. The van der Waals surface area contributed by atoms with Gasteiger partial charge in [-0.1, -0.05) is 85.5 Å². The van der Waals surface area contributed by atoms with Crippen molar-refractivity contribution in [3.05, 3.63) is 119 Å². The van der Waals surface area contributed by atoms with E-state index in [1.807, 2.05) is 91.0 Å². The fourth-order valence-electron chi connectivity index (χ4n) is 3.24.